The van der Waals surface area contributed by atoms with Crippen molar-refractivity contribution in [2.45, 2.75) is 0 Å². The van der Waals surface area contributed by atoms with Crippen LogP contribution >= 0.6 is 23.2 Å². The molecule has 0 bridgehead atoms. The SMILES string of the molecule is O=C(CO)c1ccc(-c2ccc(Cl)cc2Cl)o1. The average molecular weight is 271 g/mol. The average Bonchev–Trinajstić information content (AvgIpc) is 2.77. The standard InChI is InChI=1S/C12H8Cl2O3/c13-7-1-2-8(9(14)5-7)11-3-4-12(17-11)10(16)6-15/h1-5,15H,6H2. The van der Waals surface area contributed by atoms with Crippen LogP contribution in [0.1, 0.15) is 10.6 Å². The predicted octanol–water partition coefficient (Wildman–Crippen LogP) is 3.43. The minimum Gasteiger partial charge on any atom is -0.453 e. The molecule has 0 radical (unpaired) electrons. The van der Waals surface area contributed by atoms with E-state index in [4.69, 9.17) is 32.7 Å². The monoisotopic (exact) mass is 270 g/mol. The molecule has 0 amide bonds. The van der Waals surface area contributed by atoms with E-state index >= 15 is 0 Å². The number of aliphatic hydroxyl groups excluding tert-OH is 1. The van der Waals surface area contributed by atoms with Gasteiger partial charge in [0.15, 0.2) is 5.76 Å². The first-order valence-corrected chi connectivity index (χ1v) is 5.56. The number of ketones is 1. The topological polar surface area (TPSA) is 50.4 Å². The van der Waals surface area contributed by atoms with Crippen molar-refractivity contribution in [2.24, 2.45) is 0 Å². The zero-order valence-electron chi connectivity index (χ0n) is 8.61. The van der Waals surface area contributed by atoms with Crippen LogP contribution in [0.3, 0.4) is 0 Å². The number of rotatable bonds is 3. The van der Waals surface area contributed by atoms with Gasteiger partial charge in [-0.1, -0.05) is 23.2 Å². The van der Waals surface area contributed by atoms with Crippen LogP contribution in [-0.2, 0) is 0 Å². The van der Waals surface area contributed by atoms with Crippen molar-refractivity contribution in [1.29, 1.82) is 0 Å². The summed E-state index contributed by atoms with van der Waals surface area (Å²) in [6, 6.07) is 8.10. The zero-order valence-corrected chi connectivity index (χ0v) is 10.1. The normalized spacial score (nSPS) is 10.5. The molecular formula is C12H8Cl2O3. The molecule has 1 N–H and O–H groups in total. The van der Waals surface area contributed by atoms with Crippen LogP contribution in [0.5, 0.6) is 0 Å². The molecule has 0 fully saturated rings. The molecule has 2 aromatic rings. The van der Waals surface area contributed by atoms with Gasteiger partial charge in [0.2, 0.25) is 5.78 Å². The van der Waals surface area contributed by atoms with E-state index in [1.54, 1.807) is 24.3 Å². The number of aliphatic hydroxyl groups is 1. The molecule has 17 heavy (non-hydrogen) atoms. The van der Waals surface area contributed by atoms with Crippen molar-refractivity contribution in [3.05, 3.63) is 46.1 Å². The molecule has 0 aliphatic rings. The highest BCUT2D eigenvalue weighted by molar-refractivity contribution is 6.36. The van der Waals surface area contributed by atoms with Crippen molar-refractivity contribution < 1.29 is 14.3 Å². The number of carbonyl (C=O) groups excluding carboxylic acids is 1. The lowest BCUT2D eigenvalue weighted by molar-refractivity contribution is 0.0876. The number of benzene rings is 1. The highest BCUT2D eigenvalue weighted by Crippen LogP contribution is 2.31. The summed E-state index contributed by atoms with van der Waals surface area (Å²) in [4.78, 5) is 11.2. The van der Waals surface area contributed by atoms with Crippen molar-refractivity contribution in [1.82, 2.24) is 0 Å². The lowest BCUT2D eigenvalue weighted by Crippen LogP contribution is -2.01. The van der Waals surface area contributed by atoms with E-state index in [1.807, 2.05) is 0 Å². The van der Waals surface area contributed by atoms with Gasteiger partial charge >= 0.3 is 0 Å². The van der Waals surface area contributed by atoms with E-state index in [0.29, 0.717) is 21.4 Å². The van der Waals surface area contributed by atoms with Gasteiger partial charge in [-0.05, 0) is 30.3 Å². The first-order valence-electron chi connectivity index (χ1n) is 4.81. The smallest absolute Gasteiger partial charge is 0.223 e. The van der Waals surface area contributed by atoms with E-state index in [2.05, 4.69) is 0 Å². The Bertz CT molecular complexity index is 561. The van der Waals surface area contributed by atoms with Crippen molar-refractivity contribution in [3.8, 4) is 11.3 Å². The van der Waals surface area contributed by atoms with Crippen LogP contribution in [0.15, 0.2) is 34.7 Å². The minimum absolute atomic E-state index is 0.105. The van der Waals surface area contributed by atoms with Crippen LogP contribution in [0.2, 0.25) is 10.0 Å². The van der Waals surface area contributed by atoms with Crippen LogP contribution < -0.4 is 0 Å². The van der Waals surface area contributed by atoms with Gasteiger partial charge in [-0.2, -0.15) is 0 Å². The molecule has 88 valence electrons. The summed E-state index contributed by atoms with van der Waals surface area (Å²) in [7, 11) is 0. The van der Waals surface area contributed by atoms with Gasteiger partial charge in [0.05, 0.1) is 5.02 Å². The lowest BCUT2D eigenvalue weighted by Gasteiger charge is -2.00. The number of Topliss-reactive ketones (excluding diaryl/α,β-unsaturated/α-hetero) is 1. The summed E-state index contributed by atoms with van der Waals surface area (Å²) in [5.41, 5.74) is 0.646. The molecule has 0 aliphatic carbocycles. The molecule has 1 heterocycles. The molecule has 1 aromatic carbocycles. The molecule has 5 heteroatoms. The van der Waals surface area contributed by atoms with Crippen molar-refractivity contribution in [3.63, 3.8) is 0 Å². The van der Waals surface area contributed by atoms with Crippen molar-refractivity contribution >= 4 is 29.0 Å². The Kier molecular flexibility index (Phi) is 3.52. The fraction of sp³-hybridized carbons (Fsp3) is 0.0833. The Morgan fingerprint density at radius 1 is 1.24 bits per heavy atom. The number of hydrogen-bond donors (Lipinski definition) is 1. The van der Waals surface area contributed by atoms with E-state index in [-0.39, 0.29) is 5.76 Å². The predicted molar refractivity (Wildman–Crippen MR) is 65.6 cm³/mol. The molecule has 0 saturated heterocycles. The highest BCUT2D eigenvalue weighted by Gasteiger charge is 2.13. The van der Waals surface area contributed by atoms with Gasteiger partial charge in [0.25, 0.3) is 0 Å². The van der Waals surface area contributed by atoms with Crippen LogP contribution in [0, 0.1) is 0 Å². The fourth-order valence-corrected chi connectivity index (χ4v) is 1.90. The number of hydrogen-bond acceptors (Lipinski definition) is 3. The van der Waals surface area contributed by atoms with Gasteiger partial charge in [0, 0.05) is 10.6 Å². The number of furan rings is 1. The largest absolute Gasteiger partial charge is 0.453 e. The molecule has 0 spiro atoms. The third kappa shape index (κ3) is 2.52. The Morgan fingerprint density at radius 3 is 2.65 bits per heavy atom. The Labute approximate surface area is 108 Å². The Balaban J connectivity index is 2.40. The second-order valence-corrected chi connectivity index (χ2v) is 4.21. The van der Waals surface area contributed by atoms with Crippen LogP contribution in [-0.4, -0.2) is 17.5 Å². The maximum absolute atomic E-state index is 11.2. The maximum atomic E-state index is 11.2. The van der Waals surface area contributed by atoms with E-state index in [1.165, 1.54) is 6.07 Å². The second-order valence-electron chi connectivity index (χ2n) is 3.37. The summed E-state index contributed by atoms with van der Waals surface area (Å²) in [5, 5.41) is 9.67. The molecule has 2 rings (SSSR count). The fourth-order valence-electron chi connectivity index (χ4n) is 1.40. The van der Waals surface area contributed by atoms with E-state index < -0.39 is 12.4 Å². The third-order valence-corrected chi connectivity index (χ3v) is 2.77. The number of carbonyl (C=O) groups is 1. The van der Waals surface area contributed by atoms with Gasteiger partial charge in [-0.15, -0.1) is 0 Å². The molecular weight excluding hydrogens is 263 g/mol. The highest BCUT2D eigenvalue weighted by atomic mass is 35.5. The summed E-state index contributed by atoms with van der Waals surface area (Å²) >= 11 is 11.8. The van der Waals surface area contributed by atoms with Crippen molar-refractivity contribution in [2.75, 3.05) is 6.61 Å². The zero-order chi connectivity index (χ0) is 12.4. The van der Waals surface area contributed by atoms with Gasteiger partial charge in [-0.25, -0.2) is 0 Å². The Hall–Kier alpha value is -1.29. The third-order valence-electron chi connectivity index (χ3n) is 2.22. The molecule has 0 saturated carbocycles. The lowest BCUT2D eigenvalue weighted by atomic mass is 10.2. The molecule has 0 unspecified atom stereocenters. The first-order chi connectivity index (χ1) is 8.11. The van der Waals surface area contributed by atoms with Crippen LogP contribution in [0.25, 0.3) is 11.3 Å². The summed E-state index contributed by atoms with van der Waals surface area (Å²) in [6.07, 6.45) is 0. The maximum Gasteiger partial charge on any atom is 0.223 e. The van der Waals surface area contributed by atoms with Gasteiger partial charge in [-0.3, -0.25) is 4.79 Å². The summed E-state index contributed by atoms with van der Waals surface area (Å²) in [5.74, 6) is 0.0957. The van der Waals surface area contributed by atoms with Gasteiger partial charge < -0.3 is 9.52 Å². The first kappa shape index (κ1) is 12.2. The molecule has 1 aromatic heterocycles. The number of halogens is 2. The van der Waals surface area contributed by atoms with Gasteiger partial charge in [0.1, 0.15) is 12.4 Å². The quantitative estimate of drug-likeness (QED) is 0.870. The molecule has 0 atom stereocenters. The van der Waals surface area contributed by atoms with E-state index in [0.717, 1.165) is 0 Å². The second kappa shape index (κ2) is 4.92. The molecule has 3 nitrogen and oxygen atoms in total. The van der Waals surface area contributed by atoms with Crippen LogP contribution in [0.4, 0.5) is 0 Å². The Morgan fingerprint density at radius 2 is 2.00 bits per heavy atom. The molecule has 0 aliphatic heterocycles. The van der Waals surface area contributed by atoms with E-state index in [9.17, 15) is 4.79 Å². The summed E-state index contributed by atoms with van der Waals surface area (Å²) < 4.78 is 5.31. The minimum atomic E-state index is -0.582. The summed E-state index contributed by atoms with van der Waals surface area (Å²) in [6.45, 7) is -0.582.